The number of benzene rings is 1. The Hall–Kier alpha value is -0.0500. The molecule has 0 N–H and O–H groups in total. The molecule has 0 saturated heterocycles. The van der Waals surface area contributed by atoms with E-state index in [1.54, 1.807) is 0 Å². The van der Waals surface area contributed by atoms with Crippen LogP contribution in [0.3, 0.4) is 0 Å². The Morgan fingerprint density at radius 1 is 1.14 bits per heavy atom. The highest BCUT2D eigenvalue weighted by Crippen LogP contribution is 2.49. The molecule has 1 aromatic rings. The van der Waals surface area contributed by atoms with Crippen LogP contribution in [0, 0.1) is 0 Å². The maximum atomic E-state index is 3.46. The molecule has 0 radical (unpaired) electrons. The van der Waals surface area contributed by atoms with Crippen molar-refractivity contribution < 1.29 is 0 Å². The van der Waals surface area contributed by atoms with Gasteiger partial charge in [-0.2, -0.15) is 0 Å². The topological polar surface area (TPSA) is 3.24 Å². The number of halogens is 2. The van der Waals surface area contributed by atoms with Gasteiger partial charge in [0.15, 0.2) is 0 Å². The van der Waals surface area contributed by atoms with Crippen LogP contribution < -0.4 is 0 Å². The molecule has 0 unspecified atom stereocenters. The summed E-state index contributed by atoms with van der Waals surface area (Å²) < 4.78 is 1.16. The summed E-state index contributed by atoms with van der Waals surface area (Å²) in [4.78, 5) is 2.33. The predicted octanol–water partition coefficient (Wildman–Crippen LogP) is 3.42. The van der Waals surface area contributed by atoms with Gasteiger partial charge in [0, 0.05) is 10.0 Å². The van der Waals surface area contributed by atoms with Crippen LogP contribution in [-0.2, 0) is 5.54 Å². The van der Waals surface area contributed by atoms with E-state index < -0.39 is 0 Å². The van der Waals surface area contributed by atoms with E-state index in [0.29, 0.717) is 5.54 Å². The van der Waals surface area contributed by atoms with Crippen molar-refractivity contribution in [3.8, 4) is 0 Å². The summed E-state index contributed by atoms with van der Waals surface area (Å²) >= 11 is 3.46. The van der Waals surface area contributed by atoms with Crippen molar-refractivity contribution in [2.75, 3.05) is 14.1 Å². The van der Waals surface area contributed by atoms with Crippen molar-refractivity contribution in [3.05, 3.63) is 34.3 Å². The molecule has 1 aliphatic carbocycles. The summed E-state index contributed by atoms with van der Waals surface area (Å²) in [7, 11) is 4.32. The average Bonchev–Trinajstić information content (AvgIpc) is 2.86. The second kappa shape index (κ2) is 4.21. The Balaban J connectivity index is 0.000000980. The first kappa shape index (κ1) is 12.0. The lowest BCUT2D eigenvalue weighted by Crippen LogP contribution is -2.27. The van der Waals surface area contributed by atoms with E-state index >= 15 is 0 Å². The number of rotatable bonds is 2. The van der Waals surface area contributed by atoms with Crippen LogP contribution in [0.5, 0.6) is 0 Å². The number of hydrogen-bond acceptors (Lipinski definition) is 1. The molecule has 3 heteroatoms. The van der Waals surface area contributed by atoms with Crippen LogP contribution in [0.25, 0.3) is 0 Å². The van der Waals surface area contributed by atoms with Crippen molar-refractivity contribution in [3.63, 3.8) is 0 Å². The van der Waals surface area contributed by atoms with E-state index in [9.17, 15) is 0 Å². The van der Waals surface area contributed by atoms with Gasteiger partial charge in [0.05, 0.1) is 0 Å². The normalized spacial score (nSPS) is 17.7. The highest BCUT2D eigenvalue weighted by atomic mass is 79.9. The monoisotopic (exact) mass is 275 g/mol. The van der Waals surface area contributed by atoms with Gasteiger partial charge in [0.1, 0.15) is 0 Å². The van der Waals surface area contributed by atoms with Gasteiger partial charge >= 0.3 is 0 Å². The van der Waals surface area contributed by atoms with Gasteiger partial charge in [-0.15, -0.1) is 12.4 Å². The smallest absolute Gasteiger partial charge is 0.0456 e. The largest absolute Gasteiger partial charge is 0.300 e. The second-order valence-electron chi connectivity index (χ2n) is 3.93. The van der Waals surface area contributed by atoms with Crippen molar-refractivity contribution in [2.45, 2.75) is 18.4 Å². The standard InChI is InChI=1S/C11H14BrN.ClH/c1-13(2)11(7-8-11)9-3-5-10(12)6-4-9;/h3-6H,7-8H2,1-2H3;1H. The predicted molar refractivity (Wildman–Crippen MR) is 66.0 cm³/mol. The quantitative estimate of drug-likeness (QED) is 0.800. The number of nitrogens with zero attached hydrogens (tertiary/aromatic N) is 1. The van der Waals surface area contributed by atoms with E-state index in [-0.39, 0.29) is 12.4 Å². The summed E-state index contributed by atoms with van der Waals surface area (Å²) in [5.41, 5.74) is 1.79. The van der Waals surface area contributed by atoms with Crippen LogP contribution in [0.15, 0.2) is 28.7 Å². The molecule has 1 saturated carbocycles. The van der Waals surface area contributed by atoms with E-state index in [4.69, 9.17) is 0 Å². The SMILES string of the molecule is CN(C)C1(c2ccc(Br)cc2)CC1.Cl. The van der Waals surface area contributed by atoms with Crippen LogP contribution in [-0.4, -0.2) is 19.0 Å². The van der Waals surface area contributed by atoms with E-state index in [2.05, 4.69) is 59.2 Å². The fourth-order valence-electron chi connectivity index (χ4n) is 1.87. The van der Waals surface area contributed by atoms with Crippen molar-refractivity contribution in [2.24, 2.45) is 0 Å². The Morgan fingerprint density at radius 2 is 1.64 bits per heavy atom. The molecule has 0 aromatic heterocycles. The first-order valence-electron chi connectivity index (χ1n) is 4.59. The fraction of sp³-hybridized carbons (Fsp3) is 0.455. The van der Waals surface area contributed by atoms with Crippen molar-refractivity contribution in [1.82, 2.24) is 4.90 Å². The van der Waals surface area contributed by atoms with Gasteiger partial charge in [-0.1, -0.05) is 28.1 Å². The fourth-order valence-corrected chi connectivity index (χ4v) is 2.14. The molecule has 1 fully saturated rings. The summed E-state index contributed by atoms with van der Waals surface area (Å²) in [5.74, 6) is 0. The van der Waals surface area contributed by atoms with Gasteiger partial charge in [0.2, 0.25) is 0 Å². The van der Waals surface area contributed by atoms with Gasteiger partial charge in [-0.25, -0.2) is 0 Å². The van der Waals surface area contributed by atoms with E-state index in [0.717, 1.165) is 4.47 Å². The molecule has 1 aromatic carbocycles. The lowest BCUT2D eigenvalue weighted by molar-refractivity contribution is 0.275. The molecule has 0 atom stereocenters. The average molecular weight is 277 g/mol. The highest BCUT2D eigenvalue weighted by Gasteiger charge is 2.46. The minimum Gasteiger partial charge on any atom is -0.300 e. The van der Waals surface area contributed by atoms with Gasteiger partial charge in [0.25, 0.3) is 0 Å². The maximum Gasteiger partial charge on any atom is 0.0456 e. The van der Waals surface area contributed by atoms with Crippen LogP contribution in [0.1, 0.15) is 18.4 Å². The lowest BCUT2D eigenvalue weighted by atomic mass is 10.0. The van der Waals surface area contributed by atoms with Gasteiger partial charge in [-0.3, -0.25) is 4.90 Å². The molecule has 0 aliphatic heterocycles. The summed E-state index contributed by atoms with van der Waals surface area (Å²) in [6.07, 6.45) is 2.59. The Labute approximate surface area is 100 Å². The second-order valence-corrected chi connectivity index (χ2v) is 4.85. The minimum atomic E-state index is 0. The van der Waals surface area contributed by atoms with Crippen LogP contribution in [0.4, 0.5) is 0 Å². The van der Waals surface area contributed by atoms with E-state index in [1.165, 1.54) is 18.4 Å². The first-order chi connectivity index (χ1) is 6.15. The third-order valence-electron chi connectivity index (χ3n) is 2.96. The van der Waals surface area contributed by atoms with Gasteiger partial charge < -0.3 is 0 Å². The van der Waals surface area contributed by atoms with Crippen molar-refractivity contribution >= 4 is 28.3 Å². The molecular formula is C11H15BrClN. The van der Waals surface area contributed by atoms with Crippen LogP contribution in [0.2, 0.25) is 0 Å². The third-order valence-corrected chi connectivity index (χ3v) is 3.49. The molecule has 1 aliphatic rings. The lowest BCUT2D eigenvalue weighted by Gasteiger charge is -2.24. The zero-order valence-electron chi connectivity index (χ0n) is 8.46. The summed E-state index contributed by atoms with van der Waals surface area (Å²) in [6, 6.07) is 8.69. The molecule has 2 rings (SSSR count). The minimum absolute atomic E-state index is 0. The molecule has 0 bridgehead atoms. The summed E-state index contributed by atoms with van der Waals surface area (Å²) in [6.45, 7) is 0. The van der Waals surface area contributed by atoms with Gasteiger partial charge in [-0.05, 0) is 44.6 Å². The van der Waals surface area contributed by atoms with E-state index in [1.807, 2.05) is 0 Å². The number of hydrogen-bond donors (Lipinski definition) is 0. The summed E-state index contributed by atoms with van der Waals surface area (Å²) in [5, 5.41) is 0. The molecule has 14 heavy (non-hydrogen) atoms. The first-order valence-corrected chi connectivity index (χ1v) is 5.38. The molecular weight excluding hydrogens is 261 g/mol. The van der Waals surface area contributed by atoms with Crippen molar-refractivity contribution in [1.29, 1.82) is 0 Å². The third kappa shape index (κ3) is 1.97. The Bertz CT molecular complexity index is 304. The molecule has 78 valence electrons. The zero-order valence-corrected chi connectivity index (χ0v) is 10.9. The highest BCUT2D eigenvalue weighted by molar-refractivity contribution is 9.10. The molecule has 0 amide bonds. The zero-order chi connectivity index (χ0) is 9.47. The Kier molecular flexibility index (Phi) is 3.62. The molecule has 0 spiro atoms. The molecule has 0 heterocycles. The van der Waals surface area contributed by atoms with Crippen LogP contribution >= 0.6 is 28.3 Å². The molecule has 1 nitrogen and oxygen atoms in total. The Morgan fingerprint density at radius 3 is 2.00 bits per heavy atom. The maximum absolute atomic E-state index is 3.46.